The number of likely N-dealkylation sites (N-methyl/N-ethyl adjacent to an activating group) is 1. The van der Waals surface area contributed by atoms with Crippen molar-refractivity contribution in [2.24, 2.45) is 11.8 Å². The second-order valence-electron chi connectivity index (χ2n) is 8.42. The monoisotopic (exact) mass is 385 g/mol. The Balaban J connectivity index is 0.00000243. The number of nitrogens with zero attached hydrogens (tertiary/aromatic N) is 1. The molecule has 0 aromatic carbocycles. The smallest absolute Gasteiger partial charge is 0.225 e. The van der Waals surface area contributed by atoms with Crippen LogP contribution in [0.1, 0.15) is 70.6 Å². The molecule has 1 aliphatic heterocycles. The molecule has 0 aromatic rings. The second-order valence-corrected chi connectivity index (χ2v) is 8.42. The standard InChI is InChI=1S/C20H35N3O2.ClH/c1-23(18-11-12-21-14-18)20(25)16-7-9-17(10-8-16)22-19(24)13-15-5-3-2-4-6-15;/h15-18,21H,2-14H2,1H3,(H,22,24);1H. The molecule has 150 valence electrons. The Morgan fingerprint density at radius 3 is 2.31 bits per heavy atom. The lowest BCUT2D eigenvalue weighted by Gasteiger charge is -2.33. The maximum Gasteiger partial charge on any atom is 0.225 e. The van der Waals surface area contributed by atoms with Crippen molar-refractivity contribution in [3.05, 3.63) is 0 Å². The van der Waals surface area contributed by atoms with Crippen LogP contribution in [0.4, 0.5) is 0 Å². The molecule has 1 unspecified atom stereocenters. The number of hydrogen-bond donors (Lipinski definition) is 2. The Morgan fingerprint density at radius 1 is 1.00 bits per heavy atom. The molecule has 1 atom stereocenters. The van der Waals surface area contributed by atoms with E-state index in [0.29, 0.717) is 24.3 Å². The summed E-state index contributed by atoms with van der Waals surface area (Å²) in [7, 11) is 1.96. The second kappa shape index (κ2) is 10.5. The van der Waals surface area contributed by atoms with Gasteiger partial charge in [-0.05, 0) is 57.4 Å². The SMILES string of the molecule is CN(C(=O)C1CCC(NC(=O)CC2CCCCC2)CC1)C1CCNC1.Cl. The van der Waals surface area contributed by atoms with Crippen LogP contribution in [0.3, 0.4) is 0 Å². The minimum absolute atomic E-state index is 0. The molecular weight excluding hydrogens is 350 g/mol. The van der Waals surface area contributed by atoms with Gasteiger partial charge in [-0.3, -0.25) is 9.59 Å². The molecule has 2 saturated carbocycles. The van der Waals surface area contributed by atoms with Gasteiger partial charge in [0.05, 0.1) is 0 Å². The van der Waals surface area contributed by atoms with Crippen LogP contribution in [-0.2, 0) is 9.59 Å². The van der Waals surface area contributed by atoms with Crippen molar-refractivity contribution in [3.8, 4) is 0 Å². The van der Waals surface area contributed by atoms with E-state index in [0.717, 1.165) is 45.2 Å². The van der Waals surface area contributed by atoms with E-state index < -0.39 is 0 Å². The number of carbonyl (C=O) groups is 2. The highest BCUT2D eigenvalue weighted by atomic mass is 35.5. The van der Waals surface area contributed by atoms with E-state index in [9.17, 15) is 9.59 Å². The predicted octanol–water partition coefficient (Wildman–Crippen LogP) is 2.87. The van der Waals surface area contributed by atoms with Crippen molar-refractivity contribution in [1.82, 2.24) is 15.5 Å². The fourth-order valence-corrected chi connectivity index (χ4v) is 4.86. The first-order chi connectivity index (χ1) is 12.1. The molecule has 6 heteroatoms. The minimum atomic E-state index is 0. The van der Waals surface area contributed by atoms with Gasteiger partial charge in [-0.15, -0.1) is 12.4 Å². The molecule has 26 heavy (non-hydrogen) atoms. The van der Waals surface area contributed by atoms with Crippen LogP contribution >= 0.6 is 12.4 Å². The van der Waals surface area contributed by atoms with Gasteiger partial charge in [-0.1, -0.05) is 19.3 Å². The highest BCUT2D eigenvalue weighted by Crippen LogP contribution is 2.28. The van der Waals surface area contributed by atoms with Crippen LogP contribution in [0.15, 0.2) is 0 Å². The van der Waals surface area contributed by atoms with Crippen LogP contribution in [-0.4, -0.2) is 48.9 Å². The van der Waals surface area contributed by atoms with Gasteiger partial charge < -0.3 is 15.5 Å². The average molecular weight is 386 g/mol. The summed E-state index contributed by atoms with van der Waals surface area (Å²) >= 11 is 0. The summed E-state index contributed by atoms with van der Waals surface area (Å²) in [6.45, 7) is 1.94. The summed E-state index contributed by atoms with van der Waals surface area (Å²) in [5.41, 5.74) is 0. The fraction of sp³-hybridized carbons (Fsp3) is 0.900. The number of amides is 2. The van der Waals surface area contributed by atoms with Gasteiger partial charge in [0.15, 0.2) is 0 Å². The number of carbonyl (C=O) groups excluding carboxylic acids is 2. The van der Waals surface area contributed by atoms with Crippen molar-refractivity contribution >= 4 is 24.2 Å². The quantitative estimate of drug-likeness (QED) is 0.764. The lowest BCUT2D eigenvalue weighted by molar-refractivity contribution is -0.137. The minimum Gasteiger partial charge on any atom is -0.353 e. The van der Waals surface area contributed by atoms with E-state index in [1.165, 1.54) is 32.1 Å². The lowest BCUT2D eigenvalue weighted by atomic mass is 9.84. The van der Waals surface area contributed by atoms with Gasteiger partial charge in [0, 0.05) is 38.0 Å². The van der Waals surface area contributed by atoms with Gasteiger partial charge in [0.1, 0.15) is 0 Å². The van der Waals surface area contributed by atoms with E-state index in [-0.39, 0.29) is 30.3 Å². The molecule has 0 aromatic heterocycles. The molecular formula is C20H36ClN3O2. The summed E-state index contributed by atoms with van der Waals surface area (Å²) in [6.07, 6.45) is 11.8. The van der Waals surface area contributed by atoms with Gasteiger partial charge in [-0.25, -0.2) is 0 Å². The number of rotatable bonds is 5. The maximum absolute atomic E-state index is 12.7. The molecule has 1 saturated heterocycles. The van der Waals surface area contributed by atoms with Crippen LogP contribution in [0.2, 0.25) is 0 Å². The first kappa shape index (κ1) is 21.5. The van der Waals surface area contributed by atoms with Crippen molar-refractivity contribution in [2.45, 2.75) is 82.7 Å². The van der Waals surface area contributed by atoms with Crippen molar-refractivity contribution in [3.63, 3.8) is 0 Å². The van der Waals surface area contributed by atoms with Crippen LogP contribution < -0.4 is 10.6 Å². The van der Waals surface area contributed by atoms with E-state index in [1.807, 2.05) is 11.9 Å². The Kier molecular flexibility index (Phi) is 8.68. The Morgan fingerprint density at radius 2 is 1.69 bits per heavy atom. The van der Waals surface area contributed by atoms with E-state index in [2.05, 4.69) is 10.6 Å². The van der Waals surface area contributed by atoms with E-state index in [4.69, 9.17) is 0 Å². The summed E-state index contributed by atoms with van der Waals surface area (Å²) in [5, 5.41) is 6.57. The van der Waals surface area contributed by atoms with Crippen molar-refractivity contribution in [2.75, 3.05) is 20.1 Å². The highest BCUT2D eigenvalue weighted by Gasteiger charge is 2.32. The Bertz CT molecular complexity index is 454. The average Bonchev–Trinajstić information content (AvgIpc) is 3.16. The molecule has 1 heterocycles. The molecule has 2 aliphatic carbocycles. The summed E-state index contributed by atoms with van der Waals surface area (Å²) < 4.78 is 0. The molecule has 3 rings (SSSR count). The number of hydrogen-bond acceptors (Lipinski definition) is 3. The largest absolute Gasteiger partial charge is 0.353 e. The Hall–Kier alpha value is -0.810. The highest BCUT2D eigenvalue weighted by molar-refractivity contribution is 5.85. The lowest BCUT2D eigenvalue weighted by Crippen LogP contribution is -2.45. The first-order valence-corrected chi connectivity index (χ1v) is 10.4. The topological polar surface area (TPSA) is 61.4 Å². The van der Waals surface area contributed by atoms with Crippen molar-refractivity contribution in [1.29, 1.82) is 0 Å². The maximum atomic E-state index is 12.7. The molecule has 0 spiro atoms. The van der Waals surface area contributed by atoms with E-state index in [1.54, 1.807) is 0 Å². The zero-order valence-corrected chi connectivity index (χ0v) is 17.0. The van der Waals surface area contributed by atoms with Gasteiger partial charge in [0.2, 0.25) is 11.8 Å². The third-order valence-corrected chi connectivity index (χ3v) is 6.57. The van der Waals surface area contributed by atoms with Crippen molar-refractivity contribution < 1.29 is 9.59 Å². The van der Waals surface area contributed by atoms with Gasteiger partial charge in [-0.2, -0.15) is 0 Å². The summed E-state index contributed by atoms with van der Waals surface area (Å²) in [6, 6.07) is 0.638. The normalized spacial score (nSPS) is 29.7. The fourth-order valence-electron chi connectivity index (χ4n) is 4.86. The molecule has 3 fully saturated rings. The zero-order valence-electron chi connectivity index (χ0n) is 16.2. The molecule has 2 amide bonds. The van der Waals surface area contributed by atoms with Crippen LogP contribution in [0.25, 0.3) is 0 Å². The first-order valence-electron chi connectivity index (χ1n) is 10.4. The van der Waals surface area contributed by atoms with Gasteiger partial charge >= 0.3 is 0 Å². The molecule has 5 nitrogen and oxygen atoms in total. The summed E-state index contributed by atoms with van der Waals surface area (Å²) in [5.74, 6) is 1.29. The summed E-state index contributed by atoms with van der Waals surface area (Å²) in [4.78, 5) is 26.9. The Labute approximate surface area is 164 Å². The van der Waals surface area contributed by atoms with E-state index >= 15 is 0 Å². The predicted molar refractivity (Wildman–Crippen MR) is 106 cm³/mol. The zero-order chi connectivity index (χ0) is 17.6. The number of nitrogens with one attached hydrogen (secondary N) is 2. The van der Waals surface area contributed by atoms with Gasteiger partial charge in [0.25, 0.3) is 0 Å². The molecule has 2 N–H and O–H groups in total. The molecule has 3 aliphatic rings. The molecule has 0 bridgehead atoms. The third-order valence-electron chi connectivity index (χ3n) is 6.57. The number of halogens is 1. The third kappa shape index (κ3) is 5.85. The molecule has 0 radical (unpaired) electrons. The van der Waals surface area contributed by atoms with Crippen LogP contribution in [0.5, 0.6) is 0 Å². The van der Waals surface area contributed by atoms with Crippen LogP contribution in [0, 0.1) is 11.8 Å².